The van der Waals surface area contributed by atoms with E-state index in [1.807, 2.05) is 12.1 Å². The van der Waals surface area contributed by atoms with E-state index < -0.39 is 10.5 Å². The van der Waals surface area contributed by atoms with Gasteiger partial charge in [0.1, 0.15) is 17.3 Å². The van der Waals surface area contributed by atoms with Crippen molar-refractivity contribution >= 4 is 17.1 Å². The third kappa shape index (κ3) is 3.62. The highest BCUT2D eigenvalue weighted by Crippen LogP contribution is 2.34. The van der Waals surface area contributed by atoms with Crippen LogP contribution in [0.3, 0.4) is 0 Å². The summed E-state index contributed by atoms with van der Waals surface area (Å²) in [7, 11) is 0. The number of nitro benzene ring substituents is 1. The fourth-order valence-corrected chi connectivity index (χ4v) is 2.58. The first-order valence-electron chi connectivity index (χ1n) is 7.90. The number of nitrogens with one attached hydrogen (secondary N) is 1. The topological polar surface area (TPSA) is 125 Å². The van der Waals surface area contributed by atoms with Crippen LogP contribution in [0.25, 0.3) is 11.1 Å². The van der Waals surface area contributed by atoms with Gasteiger partial charge in [-0.2, -0.15) is 10.4 Å². The van der Waals surface area contributed by atoms with Crippen molar-refractivity contribution in [2.24, 2.45) is 10.2 Å². The number of H-pyrrole nitrogens is 1. The number of hydrogen-bond donors (Lipinski definition) is 1. The molecular formula is C19H13N5O3. The summed E-state index contributed by atoms with van der Waals surface area (Å²) >= 11 is 0. The molecule has 0 bridgehead atoms. The Bertz CT molecular complexity index is 1130. The molecule has 0 saturated carbocycles. The molecule has 3 aromatic rings. The van der Waals surface area contributed by atoms with Crippen molar-refractivity contribution < 1.29 is 4.92 Å². The zero-order chi connectivity index (χ0) is 19.4. The SMILES string of the molecule is Cc1[nH]c(=O)c(C#N)c(-c2ccccc2)c1N=Nc1ccc([N+](=O)[O-])cc1. The Labute approximate surface area is 153 Å². The van der Waals surface area contributed by atoms with Crippen molar-refractivity contribution in [3.05, 3.63) is 86.3 Å². The Morgan fingerprint density at radius 2 is 1.74 bits per heavy atom. The third-order valence-corrected chi connectivity index (χ3v) is 3.87. The van der Waals surface area contributed by atoms with Crippen LogP contribution in [0.15, 0.2) is 69.6 Å². The van der Waals surface area contributed by atoms with Gasteiger partial charge >= 0.3 is 0 Å². The minimum atomic E-state index is -0.500. The third-order valence-electron chi connectivity index (χ3n) is 3.87. The quantitative estimate of drug-likeness (QED) is 0.417. The standard InChI is InChI=1S/C19H13N5O3/c1-12-18(23-22-14-7-9-15(10-8-14)24(26)27)17(13-5-3-2-4-6-13)16(11-20)19(25)21-12/h2-10H,1H3,(H,21,25). The molecule has 1 aromatic heterocycles. The van der Waals surface area contributed by atoms with Crippen molar-refractivity contribution in [3.63, 3.8) is 0 Å². The molecule has 1 heterocycles. The monoisotopic (exact) mass is 359 g/mol. The second kappa shape index (κ2) is 7.41. The molecule has 0 atom stereocenters. The van der Waals surface area contributed by atoms with Crippen LogP contribution in [0.5, 0.6) is 0 Å². The number of rotatable bonds is 4. The molecule has 27 heavy (non-hydrogen) atoms. The number of pyridine rings is 1. The van der Waals surface area contributed by atoms with Crippen LogP contribution in [-0.2, 0) is 0 Å². The lowest BCUT2D eigenvalue weighted by atomic mass is 9.99. The molecular weight excluding hydrogens is 346 g/mol. The normalized spacial score (nSPS) is 10.7. The van der Waals surface area contributed by atoms with E-state index in [-0.39, 0.29) is 11.3 Å². The van der Waals surface area contributed by atoms with Crippen LogP contribution in [0.4, 0.5) is 17.1 Å². The smallest absolute Gasteiger partial charge is 0.269 e. The van der Waals surface area contributed by atoms with Crippen LogP contribution in [-0.4, -0.2) is 9.91 Å². The van der Waals surface area contributed by atoms with E-state index in [4.69, 9.17) is 0 Å². The van der Waals surface area contributed by atoms with Gasteiger partial charge in [0.05, 0.1) is 10.6 Å². The summed E-state index contributed by atoms with van der Waals surface area (Å²) in [6.07, 6.45) is 0. The number of hydrogen-bond acceptors (Lipinski definition) is 6. The zero-order valence-corrected chi connectivity index (χ0v) is 14.2. The first kappa shape index (κ1) is 17.7. The molecule has 0 spiro atoms. The largest absolute Gasteiger partial charge is 0.323 e. The first-order valence-corrected chi connectivity index (χ1v) is 7.90. The van der Waals surface area contributed by atoms with Gasteiger partial charge in [0.15, 0.2) is 0 Å². The summed E-state index contributed by atoms with van der Waals surface area (Å²) in [6.45, 7) is 1.67. The van der Waals surface area contributed by atoms with Gasteiger partial charge in [-0.25, -0.2) is 0 Å². The second-order valence-electron chi connectivity index (χ2n) is 5.63. The molecule has 8 heteroatoms. The summed E-state index contributed by atoms with van der Waals surface area (Å²) in [4.78, 5) is 25.0. The molecule has 0 amide bonds. The number of aryl methyl sites for hydroxylation is 1. The van der Waals surface area contributed by atoms with Crippen LogP contribution in [0.2, 0.25) is 0 Å². The Kier molecular flexibility index (Phi) is 4.86. The molecule has 0 aliphatic carbocycles. The summed E-state index contributed by atoms with van der Waals surface area (Å²) < 4.78 is 0. The Hall–Kier alpha value is -4.12. The highest BCUT2D eigenvalue weighted by Gasteiger charge is 2.17. The number of aromatic nitrogens is 1. The number of benzene rings is 2. The second-order valence-corrected chi connectivity index (χ2v) is 5.63. The van der Waals surface area contributed by atoms with Crippen molar-refractivity contribution in [1.29, 1.82) is 5.26 Å². The van der Waals surface area contributed by atoms with E-state index in [9.17, 15) is 20.2 Å². The first-order chi connectivity index (χ1) is 13.0. The number of nitrogens with zero attached hydrogens (tertiary/aromatic N) is 4. The Morgan fingerprint density at radius 1 is 1.07 bits per heavy atom. The van der Waals surface area contributed by atoms with Crippen molar-refractivity contribution in [1.82, 2.24) is 4.98 Å². The fraction of sp³-hybridized carbons (Fsp3) is 0.0526. The molecule has 3 rings (SSSR count). The molecule has 0 unspecified atom stereocenters. The van der Waals surface area contributed by atoms with Crippen LogP contribution in [0.1, 0.15) is 11.3 Å². The van der Waals surface area contributed by atoms with Crippen LogP contribution in [0, 0.1) is 28.4 Å². The van der Waals surface area contributed by atoms with E-state index in [0.717, 1.165) is 0 Å². The van der Waals surface area contributed by atoms with E-state index in [1.54, 1.807) is 31.2 Å². The van der Waals surface area contributed by atoms with Crippen molar-refractivity contribution in [3.8, 4) is 17.2 Å². The molecule has 2 aromatic carbocycles. The van der Waals surface area contributed by atoms with Gasteiger partial charge in [-0.15, -0.1) is 5.11 Å². The number of azo groups is 1. The number of aromatic amines is 1. The van der Waals surface area contributed by atoms with E-state index in [2.05, 4.69) is 15.2 Å². The van der Waals surface area contributed by atoms with Gasteiger partial charge in [-0.1, -0.05) is 30.3 Å². The molecule has 0 aliphatic rings. The molecule has 132 valence electrons. The minimum Gasteiger partial charge on any atom is -0.323 e. The number of nitriles is 1. The maximum absolute atomic E-state index is 12.2. The molecule has 0 fully saturated rings. The molecule has 0 radical (unpaired) electrons. The minimum absolute atomic E-state index is 0.0501. The summed E-state index contributed by atoms with van der Waals surface area (Å²) in [5.41, 5.74) is 1.69. The predicted octanol–water partition coefficient (Wildman–Crippen LogP) is 4.55. The lowest BCUT2D eigenvalue weighted by molar-refractivity contribution is -0.384. The molecule has 8 nitrogen and oxygen atoms in total. The van der Waals surface area contributed by atoms with Gasteiger partial charge in [0, 0.05) is 23.4 Å². The van der Waals surface area contributed by atoms with Crippen molar-refractivity contribution in [2.45, 2.75) is 6.92 Å². The number of non-ortho nitro benzene ring substituents is 1. The van der Waals surface area contributed by atoms with Gasteiger partial charge in [-0.05, 0) is 24.6 Å². The van der Waals surface area contributed by atoms with Crippen LogP contribution < -0.4 is 5.56 Å². The summed E-state index contributed by atoms with van der Waals surface area (Å²) in [5.74, 6) is 0. The molecule has 0 saturated heterocycles. The average Bonchev–Trinajstić information content (AvgIpc) is 2.67. The van der Waals surface area contributed by atoms with Gasteiger partial charge in [0.25, 0.3) is 11.2 Å². The lowest BCUT2D eigenvalue weighted by Crippen LogP contribution is -2.13. The summed E-state index contributed by atoms with van der Waals surface area (Å²) in [5, 5.41) is 28.5. The fourth-order valence-electron chi connectivity index (χ4n) is 2.58. The molecule has 0 aliphatic heterocycles. The summed E-state index contributed by atoms with van der Waals surface area (Å²) in [6, 6.07) is 16.5. The maximum Gasteiger partial charge on any atom is 0.269 e. The van der Waals surface area contributed by atoms with Crippen molar-refractivity contribution in [2.75, 3.05) is 0 Å². The highest BCUT2D eigenvalue weighted by atomic mass is 16.6. The maximum atomic E-state index is 12.2. The van der Waals surface area contributed by atoms with Gasteiger partial charge < -0.3 is 4.98 Å². The van der Waals surface area contributed by atoms with E-state index in [0.29, 0.717) is 28.2 Å². The van der Waals surface area contributed by atoms with E-state index in [1.165, 1.54) is 24.3 Å². The van der Waals surface area contributed by atoms with Crippen LogP contribution >= 0.6 is 0 Å². The average molecular weight is 359 g/mol. The lowest BCUT2D eigenvalue weighted by Gasteiger charge is -2.09. The Balaban J connectivity index is 2.14. The molecule has 1 N–H and O–H groups in total. The Morgan fingerprint density at radius 3 is 2.33 bits per heavy atom. The van der Waals surface area contributed by atoms with Gasteiger partial charge in [0.2, 0.25) is 0 Å². The number of nitro groups is 1. The van der Waals surface area contributed by atoms with Gasteiger partial charge in [-0.3, -0.25) is 14.9 Å². The predicted molar refractivity (Wildman–Crippen MR) is 99.2 cm³/mol. The highest BCUT2D eigenvalue weighted by molar-refractivity contribution is 5.81. The zero-order valence-electron chi connectivity index (χ0n) is 14.2. The van der Waals surface area contributed by atoms with E-state index >= 15 is 0 Å².